The molecule has 1 amide bonds. The van der Waals surface area contributed by atoms with Crippen molar-refractivity contribution in [1.29, 1.82) is 0 Å². The average Bonchev–Trinajstić information content (AvgIpc) is 2.58. The van der Waals surface area contributed by atoms with Crippen molar-refractivity contribution in [3.63, 3.8) is 0 Å². The molecule has 0 heterocycles. The van der Waals surface area contributed by atoms with E-state index in [1.54, 1.807) is 24.3 Å². The predicted molar refractivity (Wildman–Crippen MR) is 89.7 cm³/mol. The van der Waals surface area contributed by atoms with E-state index in [4.69, 9.17) is 4.74 Å². The second-order valence-electron chi connectivity index (χ2n) is 5.01. The summed E-state index contributed by atoms with van der Waals surface area (Å²) in [6.45, 7) is 0.0445. The number of hydrogen-bond donors (Lipinski definition) is 3. The Balaban J connectivity index is 1.75. The van der Waals surface area contributed by atoms with Crippen molar-refractivity contribution in [2.24, 2.45) is 0 Å². The molecule has 0 aliphatic heterocycles. The van der Waals surface area contributed by atoms with Gasteiger partial charge in [0, 0.05) is 11.0 Å². The fraction of sp³-hybridized carbons (Fsp3) is 0.235. The van der Waals surface area contributed by atoms with Crippen molar-refractivity contribution in [1.82, 2.24) is 5.32 Å². The highest BCUT2D eigenvalue weighted by atomic mass is 79.9. The van der Waals surface area contributed by atoms with Gasteiger partial charge in [0.15, 0.2) is 0 Å². The Morgan fingerprint density at radius 3 is 2.39 bits per heavy atom. The molecule has 0 radical (unpaired) electrons. The van der Waals surface area contributed by atoms with Gasteiger partial charge in [0.25, 0.3) is 0 Å². The van der Waals surface area contributed by atoms with Crippen LogP contribution in [0.4, 0.5) is 4.79 Å². The van der Waals surface area contributed by atoms with E-state index >= 15 is 0 Å². The molecule has 0 saturated heterocycles. The van der Waals surface area contributed by atoms with E-state index in [1.807, 2.05) is 30.3 Å². The number of ether oxygens (including phenoxy) is 1. The van der Waals surface area contributed by atoms with Gasteiger partial charge < -0.3 is 20.3 Å². The van der Waals surface area contributed by atoms with Gasteiger partial charge in [-0.25, -0.2) is 4.79 Å². The van der Waals surface area contributed by atoms with Crippen LogP contribution < -0.4 is 5.32 Å². The Morgan fingerprint density at radius 1 is 1.09 bits per heavy atom. The number of halogens is 1. The molecule has 2 atom stereocenters. The zero-order valence-corrected chi connectivity index (χ0v) is 13.9. The Morgan fingerprint density at radius 2 is 1.74 bits per heavy atom. The Bertz CT molecular complexity index is 618. The third-order valence-corrected chi connectivity index (χ3v) is 3.77. The second kappa shape index (κ2) is 8.67. The number of rotatable bonds is 6. The number of alkyl carbamates (subject to hydrolysis) is 1. The second-order valence-corrected chi connectivity index (χ2v) is 5.92. The standard InChI is InChI=1S/C17H18BrNO4/c18-14-8-6-13(7-9-14)16(21)15(20)10-19-17(22)23-11-12-4-2-1-3-5-12/h1-9,15-16,20-21H,10-11H2,(H,19,22). The van der Waals surface area contributed by atoms with E-state index in [1.165, 1.54) is 0 Å². The average molecular weight is 380 g/mol. The van der Waals surface area contributed by atoms with Gasteiger partial charge in [-0.05, 0) is 23.3 Å². The lowest BCUT2D eigenvalue weighted by Gasteiger charge is -2.18. The molecule has 0 aromatic heterocycles. The van der Waals surface area contributed by atoms with Crippen molar-refractivity contribution in [3.05, 3.63) is 70.2 Å². The molecule has 6 heteroatoms. The van der Waals surface area contributed by atoms with Crippen LogP contribution in [0.5, 0.6) is 0 Å². The van der Waals surface area contributed by atoms with Crippen molar-refractivity contribution < 1.29 is 19.7 Å². The van der Waals surface area contributed by atoms with Crippen molar-refractivity contribution in [2.75, 3.05) is 6.54 Å². The van der Waals surface area contributed by atoms with Gasteiger partial charge in [-0.15, -0.1) is 0 Å². The van der Waals surface area contributed by atoms with Gasteiger partial charge in [0.05, 0.1) is 0 Å². The van der Waals surface area contributed by atoms with Crippen LogP contribution >= 0.6 is 15.9 Å². The number of aliphatic hydroxyl groups is 2. The van der Waals surface area contributed by atoms with Crippen LogP contribution in [0.25, 0.3) is 0 Å². The monoisotopic (exact) mass is 379 g/mol. The van der Waals surface area contributed by atoms with Crippen molar-refractivity contribution in [3.8, 4) is 0 Å². The van der Waals surface area contributed by atoms with Crippen LogP contribution in [0.3, 0.4) is 0 Å². The van der Waals surface area contributed by atoms with E-state index in [2.05, 4.69) is 21.2 Å². The van der Waals surface area contributed by atoms with E-state index in [-0.39, 0.29) is 13.2 Å². The quantitative estimate of drug-likeness (QED) is 0.720. The summed E-state index contributed by atoms with van der Waals surface area (Å²) in [4.78, 5) is 11.6. The summed E-state index contributed by atoms with van der Waals surface area (Å²) in [5, 5.41) is 22.4. The van der Waals surface area contributed by atoms with Gasteiger partial charge in [-0.3, -0.25) is 0 Å². The predicted octanol–water partition coefficient (Wildman–Crippen LogP) is 2.77. The summed E-state index contributed by atoms with van der Waals surface area (Å²) < 4.78 is 5.91. The lowest BCUT2D eigenvalue weighted by Crippen LogP contribution is -2.35. The number of benzene rings is 2. The molecular formula is C17H18BrNO4. The first kappa shape index (κ1) is 17.5. The Labute approximate surface area is 143 Å². The number of carbonyl (C=O) groups excluding carboxylic acids is 1. The number of amides is 1. The summed E-state index contributed by atoms with van der Waals surface area (Å²) in [5.41, 5.74) is 1.44. The molecule has 23 heavy (non-hydrogen) atoms. The molecule has 0 aliphatic carbocycles. The van der Waals surface area contributed by atoms with Crippen LogP contribution in [0, 0.1) is 0 Å². The summed E-state index contributed by atoms with van der Waals surface area (Å²) >= 11 is 3.30. The maximum absolute atomic E-state index is 11.6. The maximum Gasteiger partial charge on any atom is 0.407 e. The minimum atomic E-state index is -1.12. The largest absolute Gasteiger partial charge is 0.445 e. The first-order chi connectivity index (χ1) is 11.1. The molecule has 0 spiro atoms. The third kappa shape index (κ3) is 5.67. The Kier molecular flexibility index (Phi) is 6.58. The van der Waals surface area contributed by atoms with Crippen LogP contribution in [0.15, 0.2) is 59.1 Å². The van der Waals surface area contributed by atoms with Gasteiger partial charge in [-0.2, -0.15) is 0 Å². The van der Waals surface area contributed by atoms with E-state index in [0.29, 0.717) is 5.56 Å². The van der Waals surface area contributed by atoms with E-state index in [0.717, 1.165) is 10.0 Å². The molecule has 0 saturated carbocycles. The molecule has 122 valence electrons. The number of aliphatic hydroxyl groups excluding tert-OH is 2. The fourth-order valence-electron chi connectivity index (χ4n) is 1.96. The molecule has 2 aromatic rings. The lowest BCUT2D eigenvalue weighted by atomic mass is 10.0. The maximum atomic E-state index is 11.6. The van der Waals surface area contributed by atoms with Crippen LogP contribution in [0.1, 0.15) is 17.2 Å². The van der Waals surface area contributed by atoms with Crippen LogP contribution in [-0.2, 0) is 11.3 Å². The first-order valence-corrected chi connectivity index (χ1v) is 7.91. The van der Waals surface area contributed by atoms with Crippen molar-refractivity contribution >= 4 is 22.0 Å². The highest BCUT2D eigenvalue weighted by molar-refractivity contribution is 9.10. The minimum Gasteiger partial charge on any atom is -0.445 e. The molecule has 0 aliphatic rings. The molecule has 2 rings (SSSR count). The number of carbonyl (C=O) groups is 1. The topological polar surface area (TPSA) is 78.8 Å². The molecule has 3 N–H and O–H groups in total. The summed E-state index contributed by atoms with van der Waals surface area (Å²) in [7, 11) is 0. The molecular weight excluding hydrogens is 362 g/mol. The van der Waals surface area contributed by atoms with Gasteiger partial charge in [0.1, 0.15) is 18.8 Å². The molecule has 5 nitrogen and oxygen atoms in total. The van der Waals surface area contributed by atoms with Gasteiger partial charge >= 0.3 is 6.09 Å². The molecule has 2 aromatic carbocycles. The SMILES string of the molecule is O=C(NCC(O)C(O)c1ccc(Br)cc1)OCc1ccccc1. The lowest BCUT2D eigenvalue weighted by molar-refractivity contribution is 0.0184. The van der Waals surface area contributed by atoms with Gasteiger partial charge in [-0.1, -0.05) is 58.4 Å². The summed E-state index contributed by atoms with van der Waals surface area (Å²) in [6.07, 6.45) is -2.85. The Hall–Kier alpha value is -1.89. The zero-order valence-electron chi connectivity index (χ0n) is 12.4. The first-order valence-electron chi connectivity index (χ1n) is 7.12. The molecule has 0 fully saturated rings. The zero-order chi connectivity index (χ0) is 16.7. The highest BCUT2D eigenvalue weighted by Crippen LogP contribution is 2.19. The van der Waals surface area contributed by atoms with Gasteiger partial charge in [0.2, 0.25) is 0 Å². The summed E-state index contributed by atoms with van der Waals surface area (Å²) in [6, 6.07) is 16.2. The van der Waals surface area contributed by atoms with E-state index in [9.17, 15) is 15.0 Å². The minimum absolute atomic E-state index is 0.106. The van der Waals surface area contributed by atoms with Crippen LogP contribution in [-0.4, -0.2) is 29.0 Å². The number of nitrogens with one attached hydrogen (secondary N) is 1. The third-order valence-electron chi connectivity index (χ3n) is 3.24. The molecule has 0 bridgehead atoms. The van der Waals surface area contributed by atoms with Crippen LogP contribution in [0.2, 0.25) is 0 Å². The normalized spacial score (nSPS) is 13.2. The summed E-state index contributed by atoms with van der Waals surface area (Å²) in [5.74, 6) is 0. The van der Waals surface area contributed by atoms with E-state index < -0.39 is 18.3 Å². The number of hydrogen-bond acceptors (Lipinski definition) is 4. The van der Waals surface area contributed by atoms with Crippen molar-refractivity contribution in [2.45, 2.75) is 18.8 Å². The molecule has 2 unspecified atom stereocenters. The smallest absolute Gasteiger partial charge is 0.407 e. The fourth-order valence-corrected chi connectivity index (χ4v) is 2.22. The highest BCUT2D eigenvalue weighted by Gasteiger charge is 2.19.